The van der Waals surface area contributed by atoms with Crippen molar-refractivity contribution in [2.75, 3.05) is 57.8 Å². The van der Waals surface area contributed by atoms with Gasteiger partial charge in [-0.05, 0) is 18.1 Å². The molecule has 11 heteroatoms. The van der Waals surface area contributed by atoms with E-state index in [4.69, 9.17) is 0 Å². The van der Waals surface area contributed by atoms with Gasteiger partial charge in [-0.25, -0.2) is 9.97 Å². The number of rotatable bonds is 5. The van der Waals surface area contributed by atoms with Gasteiger partial charge in [0.15, 0.2) is 5.96 Å². The third-order valence-electron chi connectivity index (χ3n) is 5.99. The van der Waals surface area contributed by atoms with Gasteiger partial charge in [0.1, 0.15) is 0 Å². The highest BCUT2D eigenvalue weighted by Gasteiger charge is 2.27. The van der Waals surface area contributed by atoms with E-state index < -0.39 is 0 Å². The van der Waals surface area contributed by atoms with Crippen molar-refractivity contribution in [1.29, 1.82) is 0 Å². The van der Waals surface area contributed by atoms with Crippen LogP contribution in [0.5, 0.6) is 0 Å². The van der Waals surface area contributed by atoms with Crippen molar-refractivity contribution in [2.24, 2.45) is 12.0 Å². The number of carbonyl (C=O) groups excluding carboxylic acids is 1. The van der Waals surface area contributed by atoms with Crippen LogP contribution in [0.25, 0.3) is 0 Å². The smallest absolute Gasteiger partial charge is 0.225 e. The molecule has 10 nitrogen and oxygen atoms in total. The van der Waals surface area contributed by atoms with Crippen LogP contribution in [0.1, 0.15) is 24.3 Å². The zero-order valence-electron chi connectivity index (χ0n) is 18.7. The van der Waals surface area contributed by atoms with Gasteiger partial charge in [0.25, 0.3) is 0 Å². The zero-order chi connectivity index (χ0) is 21.6. The summed E-state index contributed by atoms with van der Waals surface area (Å²) in [6.07, 6.45) is 9.08. The van der Waals surface area contributed by atoms with Gasteiger partial charge in [-0.2, -0.15) is 5.10 Å². The highest BCUT2D eigenvalue weighted by molar-refractivity contribution is 14.0. The summed E-state index contributed by atoms with van der Waals surface area (Å²) in [4.78, 5) is 32.0. The molecule has 0 aliphatic carbocycles. The highest BCUT2D eigenvalue weighted by atomic mass is 127. The normalized spacial score (nSPS) is 19.1. The number of halogens is 1. The molecule has 2 aliphatic heterocycles. The van der Waals surface area contributed by atoms with E-state index in [1.54, 1.807) is 19.4 Å². The molecule has 1 atom stereocenters. The largest absolute Gasteiger partial charge is 0.356 e. The maximum absolute atomic E-state index is 12.6. The molecule has 4 rings (SSSR count). The first-order valence-electron chi connectivity index (χ1n) is 10.9. The summed E-state index contributed by atoms with van der Waals surface area (Å²) in [5.74, 6) is 2.24. The summed E-state index contributed by atoms with van der Waals surface area (Å²) in [5, 5.41) is 7.66. The number of hydrogen-bond donors (Lipinski definition) is 1. The molecule has 2 saturated heterocycles. The predicted octanol–water partition coefficient (Wildman–Crippen LogP) is 0.932. The zero-order valence-corrected chi connectivity index (χ0v) is 21.1. The highest BCUT2D eigenvalue weighted by Crippen LogP contribution is 2.26. The Morgan fingerprint density at radius 1 is 1.16 bits per heavy atom. The van der Waals surface area contributed by atoms with Crippen molar-refractivity contribution >= 4 is 41.8 Å². The molecule has 2 fully saturated rings. The Kier molecular flexibility index (Phi) is 8.65. The van der Waals surface area contributed by atoms with Gasteiger partial charge < -0.3 is 20.0 Å². The lowest BCUT2D eigenvalue weighted by Crippen LogP contribution is -2.50. The standard InChI is InChI=1S/C21H31N9O.HI/c1-22-20(30-9-5-17(16-30)18-14-26-27(2)15-18)25-8-4-19(31)28-10-12-29(13-11-28)21-23-6-3-7-24-21;/h3,6-7,14-15,17H,4-5,8-13,16H2,1-2H3,(H,22,25);1H. The van der Waals surface area contributed by atoms with Crippen molar-refractivity contribution in [3.05, 3.63) is 36.4 Å². The molecule has 0 bridgehead atoms. The average molecular weight is 553 g/mol. The van der Waals surface area contributed by atoms with Crippen molar-refractivity contribution in [3.63, 3.8) is 0 Å². The maximum Gasteiger partial charge on any atom is 0.225 e. The van der Waals surface area contributed by atoms with E-state index >= 15 is 0 Å². The summed E-state index contributed by atoms with van der Waals surface area (Å²) in [5.41, 5.74) is 1.27. The minimum Gasteiger partial charge on any atom is -0.356 e. The fourth-order valence-electron chi connectivity index (χ4n) is 4.26. The van der Waals surface area contributed by atoms with Crippen LogP contribution >= 0.6 is 24.0 Å². The van der Waals surface area contributed by atoms with Crippen LogP contribution in [0.4, 0.5) is 5.95 Å². The average Bonchev–Trinajstić information content (AvgIpc) is 3.46. The van der Waals surface area contributed by atoms with Crippen molar-refractivity contribution in [2.45, 2.75) is 18.8 Å². The molecular formula is C21H32IN9O. The minimum absolute atomic E-state index is 0. The fourth-order valence-corrected chi connectivity index (χ4v) is 4.26. The van der Waals surface area contributed by atoms with Crippen LogP contribution in [0.3, 0.4) is 0 Å². The predicted molar refractivity (Wildman–Crippen MR) is 134 cm³/mol. The number of likely N-dealkylation sites (tertiary alicyclic amines) is 1. The lowest BCUT2D eigenvalue weighted by Gasteiger charge is -2.34. The van der Waals surface area contributed by atoms with Gasteiger partial charge in [-0.15, -0.1) is 24.0 Å². The molecule has 0 spiro atoms. The molecule has 0 radical (unpaired) electrons. The van der Waals surface area contributed by atoms with E-state index in [9.17, 15) is 4.79 Å². The molecule has 32 heavy (non-hydrogen) atoms. The minimum atomic E-state index is 0. The molecule has 2 aliphatic rings. The molecule has 2 aromatic rings. The molecule has 1 unspecified atom stereocenters. The number of nitrogens with zero attached hydrogens (tertiary/aromatic N) is 8. The Labute approximate surface area is 206 Å². The van der Waals surface area contributed by atoms with Gasteiger partial charge in [-0.3, -0.25) is 14.5 Å². The van der Waals surface area contributed by atoms with E-state index in [0.29, 0.717) is 32.0 Å². The van der Waals surface area contributed by atoms with Crippen molar-refractivity contribution in [1.82, 2.24) is 34.9 Å². The Morgan fingerprint density at radius 2 is 1.91 bits per heavy atom. The first kappa shape index (κ1) is 24.2. The van der Waals surface area contributed by atoms with E-state index in [0.717, 1.165) is 44.5 Å². The van der Waals surface area contributed by atoms with Gasteiger partial charge in [0.05, 0.1) is 6.20 Å². The number of anilines is 1. The second-order valence-electron chi connectivity index (χ2n) is 8.02. The number of nitrogens with one attached hydrogen (secondary N) is 1. The van der Waals surface area contributed by atoms with Crippen molar-refractivity contribution < 1.29 is 4.79 Å². The number of piperazine rings is 1. The molecule has 0 saturated carbocycles. The molecule has 174 valence electrons. The number of aryl methyl sites for hydroxylation is 1. The van der Waals surface area contributed by atoms with Gasteiger partial charge >= 0.3 is 0 Å². The lowest BCUT2D eigenvalue weighted by atomic mass is 10.0. The second kappa shape index (κ2) is 11.4. The lowest BCUT2D eigenvalue weighted by molar-refractivity contribution is -0.131. The van der Waals surface area contributed by atoms with Crippen molar-refractivity contribution in [3.8, 4) is 0 Å². The van der Waals surface area contributed by atoms with E-state index in [2.05, 4.69) is 41.4 Å². The number of aliphatic imine (C=N–C) groups is 1. The third-order valence-corrected chi connectivity index (χ3v) is 5.99. The van der Waals surface area contributed by atoms with Crippen LogP contribution in [0, 0.1) is 0 Å². The maximum atomic E-state index is 12.6. The molecule has 1 amide bonds. The Bertz CT molecular complexity index is 896. The molecule has 2 aromatic heterocycles. The molecular weight excluding hydrogens is 521 g/mol. The summed E-state index contributed by atoms with van der Waals surface area (Å²) >= 11 is 0. The van der Waals surface area contributed by atoms with Gasteiger partial charge in [-0.1, -0.05) is 0 Å². The topological polar surface area (TPSA) is 94.8 Å². The van der Waals surface area contributed by atoms with Crippen LogP contribution < -0.4 is 10.2 Å². The molecule has 4 heterocycles. The first-order valence-corrected chi connectivity index (χ1v) is 10.9. The summed E-state index contributed by atoms with van der Waals surface area (Å²) in [6, 6.07) is 1.81. The van der Waals surface area contributed by atoms with Crippen LogP contribution in [0.2, 0.25) is 0 Å². The summed E-state index contributed by atoms with van der Waals surface area (Å²) < 4.78 is 1.85. The Balaban J connectivity index is 0.00000289. The Morgan fingerprint density at radius 3 is 2.56 bits per heavy atom. The fraction of sp³-hybridized carbons (Fsp3) is 0.571. The molecule has 1 N–H and O–H groups in total. The number of amides is 1. The second-order valence-corrected chi connectivity index (χ2v) is 8.02. The monoisotopic (exact) mass is 553 g/mol. The quantitative estimate of drug-likeness (QED) is 0.335. The van der Waals surface area contributed by atoms with Crippen LogP contribution in [-0.2, 0) is 11.8 Å². The third kappa shape index (κ3) is 5.87. The van der Waals surface area contributed by atoms with E-state index in [1.807, 2.05) is 28.9 Å². The number of carbonyl (C=O) groups is 1. The molecule has 0 aromatic carbocycles. The Hall–Kier alpha value is -2.44. The van der Waals surface area contributed by atoms with Gasteiger partial charge in [0, 0.05) is 90.8 Å². The number of aromatic nitrogens is 4. The number of hydrogen-bond acceptors (Lipinski definition) is 6. The van der Waals surface area contributed by atoms with E-state index in [-0.39, 0.29) is 29.9 Å². The SMILES string of the molecule is CN=C(NCCC(=O)N1CCN(c2ncccn2)CC1)N1CCC(c2cnn(C)c2)C1.I. The van der Waals surface area contributed by atoms with E-state index in [1.165, 1.54) is 5.56 Å². The van der Waals surface area contributed by atoms with Crippen LogP contribution in [-0.4, -0.2) is 94.3 Å². The number of guanidine groups is 1. The first-order chi connectivity index (χ1) is 15.1. The summed E-state index contributed by atoms with van der Waals surface area (Å²) in [6.45, 7) is 5.37. The van der Waals surface area contributed by atoms with Gasteiger partial charge in [0.2, 0.25) is 11.9 Å². The summed E-state index contributed by atoms with van der Waals surface area (Å²) in [7, 11) is 3.75. The van der Waals surface area contributed by atoms with Crippen LogP contribution in [0.15, 0.2) is 35.8 Å².